The Bertz CT molecular complexity index is 1640. The number of carbonyl (C=O) groups excluding carboxylic acids is 1. The molecule has 2 N–H and O–H groups in total. The van der Waals surface area contributed by atoms with Crippen LogP contribution in [0.4, 0.5) is 0 Å². The van der Waals surface area contributed by atoms with Gasteiger partial charge in [0.1, 0.15) is 5.82 Å². The zero-order valence-electron chi connectivity index (χ0n) is 21.9. The summed E-state index contributed by atoms with van der Waals surface area (Å²) in [5.41, 5.74) is 9.32. The highest BCUT2D eigenvalue weighted by Gasteiger charge is 2.21. The SMILES string of the molecule is Cc1ccc(-c2ccc(-c3cn4c(n3)CCC(CNC(=O)/C=C/c3c[nH]c5ccccc35)C4)cc2)cc1C. The van der Waals surface area contributed by atoms with Crippen LogP contribution in [0.3, 0.4) is 0 Å². The van der Waals surface area contributed by atoms with E-state index >= 15 is 0 Å². The van der Waals surface area contributed by atoms with Crippen molar-refractivity contribution in [3.8, 4) is 22.4 Å². The van der Waals surface area contributed by atoms with E-state index in [1.54, 1.807) is 6.08 Å². The number of imidazole rings is 1. The van der Waals surface area contributed by atoms with Gasteiger partial charge in [-0.2, -0.15) is 0 Å². The maximum absolute atomic E-state index is 12.5. The van der Waals surface area contributed by atoms with Crippen LogP contribution < -0.4 is 5.32 Å². The van der Waals surface area contributed by atoms with E-state index in [4.69, 9.17) is 4.98 Å². The summed E-state index contributed by atoms with van der Waals surface area (Å²) in [6, 6.07) is 23.4. The summed E-state index contributed by atoms with van der Waals surface area (Å²) in [5, 5.41) is 4.21. The summed E-state index contributed by atoms with van der Waals surface area (Å²) >= 11 is 0. The van der Waals surface area contributed by atoms with Crippen molar-refractivity contribution < 1.29 is 4.79 Å². The van der Waals surface area contributed by atoms with E-state index in [1.807, 2.05) is 30.5 Å². The molecule has 3 heterocycles. The molecule has 3 aromatic carbocycles. The maximum atomic E-state index is 12.5. The van der Waals surface area contributed by atoms with Crippen LogP contribution in [0.5, 0.6) is 0 Å². The largest absolute Gasteiger partial charge is 0.361 e. The molecule has 0 radical (unpaired) electrons. The van der Waals surface area contributed by atoms with Crippen LogP contribution in [0, 0.1) is 19.8 Å². The fourth-order valence-corrected chi connectivity index (χ4v) is 5.28. The Kier molecular flexibility index (Phi) is 6.42. The molecule has 1 unspecified atom stereocenters. The highest BCUT2D eigenvalue weighted by molar-refractivity contribution is 5.96. The summed E-state index contributed by atoms with van der Waals surface area (Å²) in [6.45, 7) is 5.83. The number of H-pyrrole nitrogens is 1. The van der Waals surface area contributed by atoms with Crippen LogP contribution in [0.15, 0.2) is 85.2 Å². The molecule has 5 nitrogen and oxygen atoms in total. The van der Waals surface area contributed by atoms with Gasteiger partial charge in [0.15, 0.2) is 0 Å². The standard InChI is InChI=1S/C33H32N4O/c1-22-7-9-27(17-23(22)2)25-10-12-26(13-11-25)31-21-37-20-24(8-15-32(37)36-31)18-35-33(38)16-14-28-19-34-30-6-4-3-5-29(28)30/h3-7,9-14,16-17,19,21,24,34H,8,15,18,20H2,1-2H3,(H,35,38)/b16-14+. The van der Waals surface area contributed by atoms with Crippen LogP contribution >= 0.6 is 0 Å². The van der Waals surface area contributed by atoms with Gasteiger partial charge < -0.3 is 14.9 Å². The molecule has 0 saturated carbocycles. The minimum atomic E-state index is -0.0590. The molecule has 5 aromatic rings. The maximum Gasteiger partial charge on any atom is 0.244 e. The molecule has 0 bridgehead atoms. The Morgan fingerprint density at radius 1 is 1.03 bits per heavy atom. The summed E-state index contributed by atoms with van der Waals surface area (Å²) in [6.07, 6.45) is 9.54. The van der Waals surface area contributed by atoms with E-state index < -0.39 is 0 Å². The molecule has 1 aliphatic heterocycles. The van der Waals surface area contributed by atoms with Gasteiger partial charge in [-0.05, 0) is 66.1 Å². The fraction of sp³-hybridized carbons (Fsp3) is 0.212. The number of para-hydroxylation sites is 1. The number of nitrogens with zero attached hydrogens (tertiary/aromatic N) is 2. The zero-order valence-corrected chi connectivity index (χ0v) is 21.9. The van der Waals surface area contributed by atoms with Crippen molar-refractivity contribution in [1.82, 2.24) is 19.9 Å². The predicted octanol–water partition coefficient (Wildman–Crippen LogP) is 6.71. The molecular formula is C33H32N4O. The summed E-state index contributed by atoms with van der Waals surface area (Å²) < 4.78 is 2.26. The first-order valence-electron chi connectivity index (χ1n) is 13.3. The second-order valence-electron chi connectivity index (χ2n) is 10.3. The molecule has 6 rings (SSSR count). The summed E-state index contributed by atoms with van der Waals surface area (Å²) in [5.74, 6) is 1.46. The number of benzene rings is 3. The number of hydrogen-bond donors (Lipinski definition) is 2. The number of aromatic amines is 1. The highest BCUT2D eigenvalue weighted by atomic mass is 16.1. The lowest BCUT2D eigenvalue weighted by atomic mass is 9.99. The number of carbonyl (C=O) groups is 1. The number of rotatable bonds is 6. The molecule has 2 aromatic heterocycles. The monoisotopic (exact) mass is 500 g/mol. The molecule has 0 fully saturated rings. The average molecular weight is 501 g/mol. The molecule has 1 atom stereocenters. The molecule has 38 heavy (non-hydrogen) atoms. The van der Waals surface area contributed by atoms with Crippen LogP contribution in [-0.2, 0) is 17.8 Å². The molecule has 0 aliphatic carbocycles. The predicted molar refractivity (Wildman–Crippen MR) is 155 cm³/mol. The van der Waals surface area contributed by atoms with Gasteiger partial charge in [-0.25, -0.2) is 4.98 Å². The van der Waals surface area contributed by atoms with Crippen molar-refractivity contribution in [1.29, 1.82) is 0 Å². The molecule has 0 spiro atoms. The third kappa shape index (κ3) is 4.92. The van der Waals surface area contributed by atoms with Crippen LogP contribution in [0.25, 0.3) is 39.4 Å². The van der Waals surface area contributed by atoms with Gasteiger partial charge in [-0.3, -0.25) is 4.79 Å². The van der Waals surface area contributed by atoms with Crippen molar-refractivity contribution in [2.45, 2.75) is 33.2 Å². The lowest BCUT2D eigenvalue weighted by molar-refractivity contribution is -0.116. The first kappa shape index (κ1) is 24.0. The van der Waals surface area contributed by atoms with E-state index in [0.29, 0.717) is 12.5 Å². The Labute approximate surface area is 223 Å². The van der Waals surface area contributed by atoms with E-state index in [-0.39, 0.29) is 5.91 Å². The van der Waals surface area contributed by atoms with Gasteiger partial charge in [0.2, 0.25) is 5.91 Å². The first-order chi connectivity index (χ1) is 18.5. The van der Waals surface area contributed by atoms with E-state index in [1.165, 1.54) is 22.3 Å². The first-order valence-corrected chi connectivity index (χ1v) is 13.3. The number of hydrogen-bond acceptors (Lipinski definition) is 2. The minimum Gasteiger partial charge on any atom is -0.361 e. The van der Waals surface area contributed by atoms with Gasteiger partial charge >= 0.3 is 0 Å². The average Bonchev–Trinajstić information content (AvgIpc) is 3.56. The second kappa shape index (κ2) is 10.2. The van der Waals surface area contributed by atoms with Crippen molar-refractivity contribution in [2.75, 3.05) is 6.54 Å². The second-order valence-corrected chi connectivity index (χ2v) is 10.3. The van der Waals surface area contributed by atoms with Crippen molar-refractivity contribution in [3.63, 3.8) is 0 Å². The van der Waals surface area contributed by atoms with Crippen LogP contribution in [-0.4, -0.2) is 27.0 Å². The van der Waals surface area contributed by atoms with Crippen LogP contribution in [0.1, 0.15) is 28.9 Å². The highest BCUT2D eigenvalue weighted by Crippen LogP contribution is 2.28. The Hall–Kier alpha value is -4.38. The number of fused-ring (bicyclic) bond motifs is 2. The van der Waals surface area contributed by atoms with Gasteiger partial charge in [-0.1, -0.05) is 60.7 Å². The van der Waals surface area contributed by atoms with Gasteiger partial charge in [0.05, 0.1) is 5.69 Å². The molecular weight excluding hydrogens is 468 g/mol. The third-order valence-corrected chi connectivity index (χ3v) is 7.71. The summed E-state index contributed by atoms with van der Waals surface area (Å²) in [4.78, 5) is 20.7. The van der Waals surface area contributed by atoms with Gasteiger partial charge in [0, 0.05) is 54.4 Å². The Morgan fingerprint density at radius 2 is 1.82 bits per heavy atom. The Morgan fingerprint density at radius 3 is 2.66 bits per heavy atom. The number of aromatic nitrogens is 3. The van der Waals surface area contributed by atoms with Gasteiger partial charge in [0.25, 0.3) is 0 Å². The van der Waals surface area contributed by atoms with Crippen LogP contribution in [0.2, 0.25) is 0 Å². The molecule has 0 saturated heterocycles. The Balaban J connectivity index is 1.07. The van der Waals surface area contributed by atoms with Crippen molar-refractivity contribution in [2.24, 2.45) is 5.92 Å². The van der Waals surface area contributed by atoms with E-state index in [0.717, 1.165) is 52.9 Å². The lowest BCUT2D eigenvalue weighted by Crippen LogP contribution is -2.32. The number of nitrogens with one attached hydrogen (secondary N) is 2. The van der Waals surface area contributed by atoms with Gasteiger partial charge in [-0.15, -0.1) is 0 Å². The smallest absolute Gasteiger partial charge is 0.244 e. The molecule has 1 amide bonds. The molecule has 1 aliphatic rings. The number of aryl methyl sites for hydroxylation is 3. The molecule has 5 heteroatoms. The lowest BCUT2D eigenvalue weighted by Gasteiger charge is -2.23. The topological polar surface area (TPSA) is 62.7 Å². The quantitative estimate of drug-likeness (QED) is 0.255. The van der Waals surface area contributed by atoms with E-state index in [2.05, 4.69) is 83.4 Å². The summed E-state index contributed by atoms with van der Waals surface area (Å²) in [7, 11) is 0. The fourth-order valence-electron chi connectivity index (χ4n) is 5.28. The van der Waals surface area contributed by atoms with Crippen molar-refractivity contribution in [3.05, 3.63) is 108 Å². The number of amides is 1. The van der Waals surface area contributed by atoms with E-state index in [9.17, 15) is 4.79 Å². The van der Waals surface area contributed by atoms with Crippen molar-refractivity contribution >= 4 is 22.9 Å². The minimum absolute atomic E-state index is 0.0590. The molecule has 190 valence electrons. The normalized spacial score (nSPS) is 15.2. The zero-order chi connectivity index (χ0) is 26.1. The third-order valence-electron chi connectivity index (χ3n) is 7.71.